The Morgan fingerprint density at radius 2 is 1.88 bits per heavy atom. The van der Waals surface area contributed by atoms with Gasteiger partial charge >= 0.3 is 5.97 Å². The highest BCUT2D eigenvalue weighted by atomic mass is 19.1. The molecule has 128 valence electrons. The summed E-state index contributed by atoms with van der Waals surface area (Å²) in [5.74, 6) is -2.98. The summed E-state index contributed by atoms with van der Waals surface area (Å²) in [4.78, 5) is 27.1. The van der Waals surface area contributed by atoms with Crippen LogP contribution in [0.5, 0.6) is 0 Å². The molecule has 0 aliphatic carbocycles. The maximum absolute atomic E-state index is 13.5. The van der Waals surface area contributed by atoms with Gasteiger partial charge in [0.2, 0.25) is 0 Å². The molecule has 1 amide bonds. The molecule has 0 aliphatic heterocycles. The molecule has 3 rings (SSSR count). The maximum atomic E-state index is 13.5. The zero-order chi connectivity index (χ0) is 18.0. The number of H-pyrrole nitrogens is 1. The second kappa shape index (κ2) is 6.72. The minimum atomic E-state index is -1.19. The van der Waals surface area contributed by atoms with Crippen LogP contribution in [-0.2, 0) is 9.53 Å². The highest BCUT2D eigenvalue weighted by molar-refractivity contribution is 5.98. The van der Waals surface area contributed by atoms with Gasteiger partial charge in [-0.2, -0.15) is 0 Å². The molecule has 1 heterocycles. The number of fused-ring (bicyclic) bond motifs is 1. The second-order valence-corrected chi connectivity index (χ2v) is 5.43. The highest BCUT2D eigenvalue weighted by Crippen LogP contribution is 2.17. The maximum Gasteiger partial charge on any atom is 0.355 e. The van der Waals surface area contributed by atoms with E-state index in [1.165, 1.54) is 6.92 Å². The van der Waals surface area contributed by atoms with Gasteiger partial charge < -0.3 is 15.0 Å². The Kier molecular flexibility index (Phi) is 4.47. The van der Waals surface area contributed by atoms with Crippen molar-refractivity contribution in [2.45, 2.75) is 13.0 Å². The third kappa shape index (κ3) is 3.65. The molecule has 0 saturated heterocycles. The lowest BCUT2D eigenvalue weighted by atomic mass is 10.2. The molecule has 5 nitrogen and oxygen atoms in total. The monoisotopic (exact) mass is 344 g/mol. The summed E-state index contributed by atoms with van der Waals surface area (Å²) in [6.07, 6.45) is -1.19. The van der Waals surface area contributed by atoms with Crippen molar-refractivity contribution in [3.05, 3.63) is 65.9 Å². The van der Waals surface area contributed by atoms with E-state index < -0.39 is 29.6 Å². The SMILES string of the molecule is C[C@H](OC(=O)c1cc2ccccc2[nH]1)C(=O)Nc1cc(F)ccc1F. The van der Waals surface area contributed by atoms with Crippen LogP contribution in [0.15, 0.2) is 48.5 Å². The summed E-state index contributed by atoms with van der Waals surface area (Å²) < 4.78 is 31.7. The normalized spacial score (nSPS) is 12.0. The molecular formula is C18H14F2N2O3. The molecule has 0 unspecified atom stereocenters. The summed E-state index contributed by atoms with van der Waals surface area (Å²) in [6, 6.07) is 11.6. The number of carbonyl (C=O) groups excluding carboxylic acids is 2. The van der Waals surface area contributed by atoms with Gasteiger partial charge in [-0.25, -0.2) is 13.6 Å². The van der Waals surface area contributed by atoms with E-state index in [2.05, 4.69) is 10.3 Å². The predicted octanol–water partition coefficient (Wildman–Crippen LogP) is 3.63. The Bertz CT molecular complexity index is 919. The third-order valence-corrected chi connectivity index (χ3v) is 3.59. The number of carbonyl (C=O) groups is 2. The van der Waals surface area contributed by atoms with E-state index in [1.807, 2.05) is 18.2 Å². The molecule has 0 saturated carbocycles. The van der Waals surface area contributed by atoms with Gasteiger partial charge in [-0.3, -0.25) is 4.79 Å². The summed E-state index contributed by atoms with van der Waals surface area (Å²) in [5, 5.41) is 3.02. The van der Waals surface area contributed by atoms with E-state index in [0.29, 0.717) is 0 Å². The van der Waals surface area contributed by atoms with Crippen molar-refractivity contribution in [2.24, 2.45) is 0 Å². The van der Waals surface area contributed by atoms with Gasteiger partial charge in [-0.1, -0.05) is 18.2 Å². The first kappa shape index (κ1) is 16.6. The summed E-state index contributed by atoms with van der Waals surface area (Å²) in [7, 11) is 0. The fraction of sp³-hybridized carbons (Fsp3) is 0.111. The van der Waals surface area contributed by atoms with Gasteiger partial charge in [0.1, 0.15) is 17.3 Å². The standard InChI is InChI=1S/C18H14F2N2O3/c1-10(17(23)22-15-9-12(19)6-7-13(15)20)25-18(24)16-8-11-4-2-3-5-14(11)21-16/h2-10,21H,1H3,(H,22,23)/t10-/m0/s1. The van der Waals surface area contributed by atoms with E-state index in [1.54, 1.807) is 12.1 Å². The molecule has 0 aliphatic rings. The molecule has 0 fully saturated rings. The molecule has 3 aromatic rings. The van der Waals surface area contributed by atoms with Gasteiger partial charge in [0.15, 0.2) is 6.10 Å². The number of nitrogens with one attached hydrogen (secondary N) is 2. The topological polar surface area (TPSA) is 71.2 Å². The Balaban J connectivity index is 1.68. The lowest BCUT2D eigenvalue weighted by Gasteiger charge is -2.13. The van der Waals surface area contributed by atoms with Crippen LogP contribution in [0.3, 0.4) is 0 Å². The van der Waals surface area contributed by atoms with Crippen LogP contribution >= 0.6 is 0 Å². The van der Waals surface area contributed by atoms with Gasteiger partial charge in [0, 0.05) is 17.0 Å². The molecular weight excluding hydrogens is 330 g/mol. The average molecular weight is 344 g/mol. The number of aromatic nitrogens is 1. The number of para-hydroxylation sites is 1. The number of halogens is 2. The first-order chi connectivity index (χ1) is 11.9. The number of hydrogen-bond acceptors (Lipinski definition) is 3. The minimum absolute atomic E-state index is 0.192. The molecule has 2 N–H and O–H groups in total. The summed E-state index contributed by atoms with van der Waals surface area (Å²) in [6.45, 7) is 1.34. The minimum Gasteiger partial charge on any atom is -0.448 e. The number of amides is 1. The fourth-order valence-electron chi connectivity index (χ4n) is 2.29. The Hall–Kier alpha value is -3.22. The number of hydrogen-bond donors (Lipinski definition) is 2. The van der Waals surface area contributed by atoms with Crippen LogP contribution in [0.4, 0.5) is 14.5 Å². The number of ether oxygens (including phenoxy) is 1. The van der Waals surface area contributed by atoms with Crippen molar-refractivity contribution in [3.8, 4) is 0 Å². The number of rotatable bonds is 4. The largest absolute Gasteiger partial charge is 0.448 e. The smallest absolute Gasteiger partial charge is 0.355 e. The molecule has 7 heteroatoms. The number of esters is 1. The van der Waals surface area contributed by atoms with E-state index in [9.17, 15) is 18.4 Å². The Labute approximate surface area is 141 Å². The lowest BCUT2D eigenvalue weighted by Crippen LogP contribution is -2.30. The molecule has 2 aromatic carbocycles. The van der Waals surface area contributed by atoms with E-state index in [0.717, 1.165) is 29.1 Å². The molecule has 25 heavy (non-hydrogen) atoms. The van der Waals surface area contributed by atoms with Crippen molar-refractivity contribution in [2.75, 3.05) is 5.32 Å². The van der Waals surface area contributed by atoms with Crippen molar-refractivity contribution >= 4 is 28.5 Å². The van der Waals surface area contributed by atoms with Crippen LogP contribution in [0.1, 0.15) is 17.4 Å². The number of benzene rings is 2. The van der Waals surface area contributed by atoms with E-state index >= 15 is 0 Å². The zero-order valence-corrected chi connectivity index (χ0v) is 13.2. The molecule has 1 aromatic heterocycles. The van der Waals surface area contributed by atoms with Gasteiger partial charge in [-0.15, -0.1) is 0 Å². The van der Waals surface area contributed by atoms with Crippen LogP contribution < -0.4 is 5.32 Å². The van der Waals surface area contributed by atoms with Gasteiger partial charge in [-0.05, 0) is 31.2 Å². The number of aromatic amines is 1. The molecule has 1 atom stereocenters. The van der Waals surface area contributed by atoms with E-state index in [-0.39, 0.29) is 11.4 Å². The van der Waals surface area contributed by atoms with E-state index in [4.69, 9.17) is 4.74 Å². The quantitative estimate of drug-likeness (QED) is 0.710. The molecule has 0 radical (unpaired) electrons. The summed E-state index contributed by atoms with van der Waals surface area (Å²) in [5.41, 5.74) is 0.629. The first-order valence-corrected chi connectivity index (χ1v) is 7.48. The van der Waals surface area contributed by atoms with Crippen LogP contribution in [-0.4, -0.2) is 23.0 Å². The van der Waals surface area contributed by atoms with Crippen molar-refractivity contribution in [3.63, 3.8) is 0 Å². The van der Waals surface area contributed by atoms with Crippen LogP contribution in [0.25, 0.3) is 10.9 Å². The zero-order valence-electron chi connectivity index (χ0n) is 13.2. The lowest BCUT2D eigenvalue weighted by molar-refractivity contribution is -0.123. The van der Waals surface area contributed by atoms with Crippen LogP contribution in [0.2, 0.25) is 0 Å². The van der Waals surface area contributed by atoms with Crippen LogP contribution in [0, 0.1) is 11.6 Å². The predicted molar refractivity (Wildman–Crippen MR) is 88.2 cm³/mol. The van der Waals surface area contributed by atoms with Gasteiger partial charge in [0.05, 0.1) is 5.69 Å². The molecule has 0 spiro atoms. The van der Waals surface area contributed by atoms with Crippen molar-refractivity contribution < 1.29 is 23.1 Å². The van der Waals surface area contributed by atoms with Crippen molar-refractivity contribution in [1.82, 2.24) is 4.98 Å². The summed E-state index contributed by atoms with van der Waals surface area (Å²) >= 11 is 0. The Morgan fingerprint density at radius 1 is 1.12 bits per heavy atom. The van der Waals surface area contributed by atoms with Crippen molar-refractivity contribution in [1.29, 1.82) is 0 Å². The third-order valence-electron chi connectivity index (χ3n) is 3.59. The van der Waals surface area contributed by atoms with Gasteiger partial charge in [0.25, 0.3) is 5.91 Å². The molecule has 0 bridgehead atoms. The highest BCUT2D eigenvalue weighted by Gasteiger charge is 2.21. The second-order valence-electron chi connectivity index (χ2n) is 5.43. The average Bonchev–Trinajstić information content (AvgIpc) is 3.02. The number of anilines is 1. The fourth-order valence-corrected chi connectivity index (χ4v) is 2.29. The first-order valence-electron chi connectivity index (χ1n) is 7.48. The Morgan fingerprint density at radius 3 is 2.64 bits per heavy atom.